The molecule has 0 fully saturated rings. The lowest BCUT2D eigenvalue weighted by molar-refractivity contribution is -0.121. The third kappa shape index (κ3) is 5.17. The van der Waals surface area contributed by atoms with Gasteiger partial charge in [-0.3, -0.25) is 9.59 Å². The maximum absolute atomic E-state index is 12.5. The second-order valence-electron chi connectivity index (χ2n) is 7.75. The quantitative estimate of drug-likeness (QED) is 0.405. The summed E-state index contributed by atoms with van der Waals surface area (Å²) in [5.41, 5.74) is 2.87. The van der Waals surface area contributed by atoms with Crippen molar-refractivity contribution in [1.29, 1.82) is 0 Å². The molecule has 10 heteroatoms. The zero-order valence-corrected chi connectivity index (χ0v) is 19.7. The van der Waals surface area contributed by atoms with E-state index < -0.39 is 0 Å². The molecule has 0 bridgehead atoms. The number of benzene rings is 2. The van der Waals surface area contributed by atoms with Gasteiger partial charge in [0, 0.05) is 35.5 Å². The Labute approximate surface area is 204 Å². The minimum absolute atomic E-state index is 0.175. The first-order valence-corrected chi connectivity index (χ1v) is 11.8. The Morgan fingerprint density at radius 3 is 2.71 bits per heavy atom. The van der Waals surface area contributed by atoms with E-state index in [4.69, 9.17) is 14.2 Å². The van der Waals surface area contributed by atoms with Crippen LogP contribution >= 0.6 is 11.3 Å². The smallest absolute Gasteiger partial charge is 0.267 e. The van der Waals surface area contributed by atoms with Gasteiger partial charge in [0.1, 0.15) is 17.3 Å². The highest BCUT2D eigenvalue weighted by Crippen LogP contribution is 2.35. The molecule has 5 rings (SSSR count). The van der Waals surface area contributed by atoms with E-state index in [1.807, 2.05) is 35.7 Å². The van der Waals surface area contributed by atoms with Gasteiger partial charge in [0.15, 0.2) is 11.5 Å². The van der Waals surface area contributed by atoms with E-state index in [2.05, 4.69) is 15.4 Å². The second-order valence-corrected chi connectivity index (χ2v) is 8.61. The van der Waals surface area contributed by atoms with Gasteiger partial charge in [0.25, 0.3) is 5.56 Å². The third-order valence-corrected chi connectivity index (χ3v) is 6.36. The van der Waals surface area contributed by atoms with Gasteiger partial charge in [-0.05, 0) is 48.5 Å². The van der Waals surface area contributed by atoms with Crippen LogP contribution < -0.4 is 25.1 Å². The number of carbonyl (C=O) groups is 1. The Hall–Kier alpha value is -4.18. The average molecular weight is 491 g/mol. The predicted molar refractivity (Wildman–Crippen MR) is 131 cm³/mol. The van der Waals surface area contributed by atoms with Crippen molar-refractivity contribution in [2.75, 3.05) is 20.4 Å². The molecule has 0 aliphatic carbocycles. The lowest BCUT2D eigenvalue weighted by Gasteiger charge is -2.08. The van der Waals surface area contributed by atoms with Gasteiger partial charge in [-0.2, -0.15) is 5.10 Å². The summed E-state index contributed by atoms with van der Waals surface area (Å²) < 4.78 is 17.1. The fourth-order valence-electron chi connectivity index (χ4n) is 3.58. The summed E-state index contributed by atoms with van der Waals surface area (Å²) in [5, 5.41) is 10.1. The number of thiazole rings is 1. The fourth-order valence-corrected chi connectivity index (χ4v) is 4.44. The van der Waals surface area contributed by atoms with E-state index >= 15 is 0 Å². The molecule has 1 aliphatic heterocycles. The monoisotopic (exact) mass is 490 g/mol. The van der Waals surface area contributed by atoms with Gasteiger partial charge in [-0.15, -0.1) is 11.3 Å². The number of methoxy groups -OCH3 is 1. The summed E-state index contributed by atoms with van der Waals surface area (Å²) in [6.07, 6.45) is 0.581. The van der Waals surface area contributed by atoms with Crippen molar-refractivity contribution in [2.45, 2.75) is 13.0 Å². The molecule has 2 aromatic heterocycles. The molecule has 178 valence electrons. The van der Waals surface area contributed by atoms with Crippen LogP contribution in [0.4, 0.5) is 0 Å². The molecule has 0 radical (unpaired) electrons. The van der Waals surface area contributed by atoms with Crippen LogP contribution in [0.5, 0.6) is 17.2 Å². The van der Waals surface area contributed by atoms with Gasteiger partial charge >= 0.3 is 0 Å². The first kappa shape index (κ1) is 22.6. The van der Waals surface area contributed by atoms with E-state index in [0.29, 0.717) is 30.2 Å². The molecule has 0 saturated heterocycles. The number of amides is 1. The number of rotatable bonds is 8. The third-order valence-electron chi connectivity index (χ3n) is 5.42. The van der Waals surface area contributed by atoms with Gasteiger partial charge in [-0.1, -0.05) is 0 Å². The Kier molecular flexibility index (Phi) is 6.44. The molecular weight excluding hydrogens is 468 g/mol. The van der Waals surface area contributed by atoms with Gasteiger partial charge in [-0.25, -0.2) is 9.67 Å². The molecule has 1 amide bonds. The number of nitrogens with zero attached hydrogens (tertiary/aromatic N) is 3. The highest BCUT2D eigenvalue weighted by molar-refractivity contribution is 7.13. The summed E-state index contributed by atoms with van der Waals surface area (Å²) in [4.78, 5) is 29.4. The number of aromatic nitrogens is 3. The van der Waals surface area contributed by atoms with Crippen LogP contribution in [0.25, 0.3) is 21.8 Å². The Balaban J connectivity index is 1.17. The van der Waals surface area contributed by atoms with Crippen LogP contribution in [-0.4, -0.2) is 41.1 Å². The SMILES string of the molecule is COc1ccc(-c2nc(CCNC(=O)Cn3nc(-c4ccc5c(c4)OCO5)ccc3=O)cs2)cc1. The van der Waals surface area contributed by atoms with Crippen LogP contribution in [0.3, 0.4) is 0 Å². The van der Waals surface area contributed by atoms with Crippen molar-refractivity contribution < 1.29 is 19.0 Å². The van der Waals surface area contributed by atoms with Crippen molar-refractivity contribution >= 4 is 17.2 Å². The van der Waals surface area contributed by atoms with Gasteiger partial charge in [0.2, 0.25) is 12.7 Å². The normalized spacial score (nSPS) is 11.9. The largest absolute Gasteiger partial charge is 0.497 e. The number of hydrogen-bond donors (Lipinski definition) is 1. The predicted octanol–water partition coefficient (Wildman–Crippen LogP) is 3.13. The molecule has 3 heterocycles. The Morgan fingerprint density at radius 2 is 1.89 bits per heavy atom. The molecule has 0 saturated carbocycles. The minimum Gasteiger partial charge on any atom is -0.497 e. The highest BCUT2D eigenvalue weighted by atomic mass is 32.1. The van der Waals surface area contributed by atoms with Crippen molar-refractivity contribution in [1.82, 2.24) is 20.1 Å². The van der Waals surface area contributed by atoms with Crippen molar-refractivity contribution in [3.05, 3.63) is 76.0 Å². The standard InChI is InChI=1S/C25H22N4O5S/c1-32-19-5-2-16(3-6-19)25-27-18(14-35-25)10-11-26-23(30)13-29-24(31)9-7-20(28-29)17-4-8-21-22(12-17)34-15-33-21/h2-9,12,14H,10-11,13,15H2,1H3,(H,26,30). The van der Waals surface area contributed by atoms with Crippen molar-refractivity contribution in [3.63, 3.8) is 0 Å². The van der Waals surface area contributed by atoms with E-state index in [-0.39, 0.29) is 24.8 Å². The lowest BCUT2D eigenvalue weighted by Crippen LogP contribution is -2.34. The van der Waals surface area contributed by atoms with Crippen LogP contribution in [0.2, 0.25) is 0 Å². The van der Waals surface area contributed by atoms with Crippen molar-refractivity contribution in [2.24, 2.45) is 0 Å². The topological polar surface area (TPSA) is 105 Å². The maximum atomic E-state index is 12.5. The maximum Gasteiger partial charge on any atom is 0.267 e. The molecule has 1 N–H and O–H groups in total. The zero-order valence-electron chi connectivity index (χ0n) is 18.9. The molecule has 0 atom stereocenters. The van der Waals surface area contributed by atoms with E-state index in [1.54, 1.807) is 36.6 Å². The molecule has 9 nitrogen and oxygen atoms in total. The van der Waals surface area contributed by atoms with Gasteiger partial charge in [0.05, 0.1) is 18.5 Å². The first-order chi connectivity index (χ1) is 17.1. The summed E-state index contributed by atoms with van der Waals surface area (Å²) in [5.74, 6) is 1.78. The molecular formula is C25H22N4O5S. The molecule has 0 unspecified atom stereocenters. The van der Waals surface area contributed by atoms with Crippen LogP contribution in [-0.2, 0) is 17.8 Å². The summed E-state index contributed by atoms with van der Waals surface area (Å²) in [6, 6.07) is 16.2. The minimum atomic E-state index is -0.353. The highest BCUT2D eigenvalue weighted by Gasteiger charge is 2.15. The Morgan fingerprint density at radius 1 is 1.09 bits per heavy atom. The molecule has 35 heavy (non-hydrogen) atoms. The second kappa shape index (κ2) is 9.98. The van der Waals surface area contributed by atoms with E-state index in [0.717, 1.165) is 32.3 Å². The molecule has 2 aromatic carbocycles. The summed E-state index contributed by atoms with van der Waals surface area (Å²) >= 11 is 1.55. The number of hydrogen-bond acceptors (Lipinski definition) is 8. The molecule has 0 spiro atoms. The number of nitrogens with one attached hydrogen (secondary N) is 1. The lowest BCUT2D eigenvalue weighted by atomic mass is 10.1. The number of carbonyl (C=O) groups excluding carboxylic acids is 1. The fraction of sp³-hybridized carbons (Fsp3) is 0.200. The number of ether oxygens (including phenoxy) is 3. The molecule has 1 aliphatic rings. The molecule has 4 aromatic rings. The Bertz CT molecular complexity index is 1410. The van der Waals surface area contributed by atoms with E-state index in [1.165, 1.54) is 6.07 Å². The first-order valence-electron chi connectivity index (χ1n) is 10.9. The summed E-state index contributed by atoms with van der Waals surface area (Å²) in [7, 11) is 1.63. The van der Waals surface area contributed by atoms with Crippen molar-refractivity contribution in [3.8, 4) is 39.1 Å². The van der Waals surface area contributed by atoms with Crippen LogP contribution in [0, 0.1) is 0 Å². The van der Waals surface area contributed by atoms with Crippen LogP contribution in [0.1, 0.15) is 5.69 Å². The number of fused-ring (bicyclic) bond motifs is 1. The average Bonchev–Trinajstić information content (AvgIpc) is 3.55. The van der Waals surface area contributed by atoms with Crippen LogP contribution in [0.15, 0.2) is 64.8 Å². The zero-order chi connectivity index (χ0) is 24.2. The summed E-state index contributed by atoms with van der Waals surface area (Å²) in [6.45, 7) is 0.405. The van der Waals surface area contributed by atoms with Gasteiger partial charge < -0.3 is 19.5 Å². The van der Waals surface area contributed by atoms with E-state index in [9.17, 15) is 9.59 Å².